The summed E-state index contributed by atoms with van der Waals surface area (Å²) in [7, 11) is 0. The maximum atomic E-state index is 5.89. The smallest absolute Gasteiger partial charge is 0.137 e. The first-order valence-corrected chi connectivity index (χ1v) is 6.43. The fourth-order valence-electron chi connectivity index (χ4n) is 2.03. The zero-order chi connectivity index (χ0) is 13.8. The van der Waals surface area contributed by atoms with Crippen molar-refractivity contribution < 1.29 is 9.15 Å². The molecule has 0 fully saturated rings. The summed E-state index contributed by atoms with van der Waals surface area (Å²) in [4.78, 5) is 0. The number of furan rings is 1. The van der Waals surface area contributed by atoms with Crippen LogP contribution in [0.25, 0.3) is 11.3 Å². The number of ether oxygens (including phenoxy) is 1. The van der Waals surface area contributed by atoms with Crippen molar-refractivity contribution in [2.24, 2.45) is 0 Å². The Morgan fingerprint density at radius 1 is 0.950 bits per heavy atom. The fourth-order valence-corrected chi connectivity index (χ4v) is 2.03. The van der Waals surface area contributed by atoms with Crippen LogP contribution in [-0.4, -0.2) is 0 Å². The zero-order valence-electron chi connectivity index (χ0n) is 11.0. The highest BCUT2D eigenvalue weighted by Gasteiger charge is 2.09. The molecule has 20 heavy (non-hydrogen) atoms. The Balaban J connectivity index is 1.86. The maximum Gasteiger partial charge on any atom is 0.137 e. The second-order valence-electron chi connectivity index (χ2n) is 4.51. The van der Waals surface area contributed by atoms with Crippen LogP contribution >= 0.6 is 0 Å². The molecule has 1 aromatic heterocycles. The highest BCUT2D eigenvalue weighted by molar-refractivity contribution is 5.70. The first-order valence-electron chi connectivity index (χ1n) is 6.43. The average Bonchev–Trinajstić information content (AvgIpc) is 3.01. The molecular formula is C17H15NO2. The van der Waals surface area contributed by atoms with Gasteiger partial charge in [-0.15, -0.1) is 0 Å². The standard InChI is InChI=1S/C17H15NO2/c18-14-8-9-17(15(11-14)16-7-4-10-19-16)20-12-13-5-2-1-3-6-13/h1-11H,12,18H2. The third-order valence-electron chi connectivity index (χ3n) is 3.03. The van der Waals surface area contributed by atoms with Crippen molar-refractivity contribution in [1.82, 2.24) is 0 Å². The van der Waals surface area contributed by atoms with Crippen LogP contribution in [0.1, 0.15) is 5.56 Å². The molecule has 0 spiro atoms. The van der Waals surface area contributed by atoms with Gasteiger partial charge in [0, 0.05) is 5.69 Å². The fraction of sp³-hybridized carbons (Fsp3) is 0.0588. The van der Waals surface area contributed by atoms with Gasteiger partial charge < -0.3 is 14.9 Å². The molecular weight excluding hydrogens is 250 g/mol. The van der Waals surface area contributed by atoms with Gasteiger partial charge in [-0.05, 0) is 35.9 Å². The molecule has 2 aromatic carbocycles. The van der Waals surface area contributed by atoms with E-state index in [0.29, 0.717) is 12.3 Å². The minimum absolute atomic E-state index is 0.512. The number of anilines is 1. The highest BCUT2D eigenvalue weighted by atomic mass is 16.5. The van der Waals surface area contributed by atoms with E-state index in [1.165, 1.54) is 0 Å². The van der Waals surface area contributed by atoms with Crippen LogP contribution < -0.4 is 10.5 Å². The van der Waals surface area contributed by atoms with Gasteiger partial charge in [0.1, 0.15) is 18.1 Å². The van der Waals surface area contributed by atoms with Crippen molar-refractivity contribution >= 4 is 5.69 Å². The Kier molecular flexibility index (Phi) is 3.42. The van der Waals surface area contributed by atoms with Gasteiger partial charge in [-0.3, -0.25) is 0 Å². The maximum absolute atomic E-state index is 5.89. The average molecular weight is 265 g/mol. The number of nitrogen functional groups attached to an aromatic ring is 1. The van der Waals surface area contributed by atoms with Gasteiger partial charge in [-0.2, -0.15) is 0 Å². The third-order valence-corrected chi connectivity index (χ3v) is 3.03. The van der Waals surface area contributed by atoms with Crippen LogP contribution in [0.3, 0.4) is 0 Å². The molecule has 3 rings (SSSR count). The lowest BCUT2D eigenvalue weighted by Gasteiger charge is -2.11. The van der Waals surface area contributed by atoms with E-state index >= 15 is 0 Å². The SMILES string of the molecule is Nc1ccc(OCc2ccccc2)c(-c2ccco2)c1. The van der Waals surface area contributed by atoms with E-state index in [1.54, 1.807) is 6.26 Å². The molecule has 1 heterocycles. The predicted molar refractivity (Wildman–Crippen MR) is 79.3 cm³/mol. The van der Waals surface area contributed by atoms with E-state index in [2.05, 4.69) is 0 Å². The quantitative estimate of drug-likeness (QED) is 0.722. The molecule has 0 atom stereocenters. The topological polar surface area (TPSA) is 48.4 Å². The summed E-state index contributed by atoms with van der Waals surface area (Å²) in [6, 6.07) is 19.3. The van der Waals surface area contributed by atoms with Gasteiger partial charge in [0.05, 0.1) is 11.8 Å². The highest BCUT2D eigenvalue weighted by Crippen LogP contribution is 2.32. The summed E-state index contributed by atoms with van der Waals surface area (Å²) in [6.45, 7) is 0.512. The number of rotatable bonds is 4. The monoisotopic (exact) mass is 265 g/mol. The normalized spacial score (nSPS) is 10.4. The van der Waals surface area contributed by atoms with E-state index in [4.69, 9.17) is 14.9 Å². The number of benzene rings is 2. The van der Waals surface area contributed by atoms with Gasteiger partial charge in [0.15, 0.2) is 0 Å². The lowest BCUT2D eigenvalue weighted by atomic mass is 10.1. The van der Waals surface area contributed by atoms with E-state index in [1.807, 2.05) is 60.7 Å². The molecule has 0 amide bonds. The summed E-state index contributed by atoms with van der Waals surface area (Å²) in [5.41, 5.74) is 8.51. The summed E-state index contributed by atoms with van der Waals surface area (Å²) < 4.78 is 11.3. The van der Waals surface area contributed by atoms with Crippen LogP contribution in [0.4, 0.5) is 5.69 Å². The van der Waals surface area contributed by atoms with Gasteiger partial charge in [0.25, 0.3) is 0 Å². The molecule has 0 aliphatic carbocycles. The van der Waals surface area contributed by atoms with Crippen molar-refractivity contribution in [3.63, 3.8) is 0 Å². The van der Waals surface area contributed by atoms with Crippen LogP contribution in [0, 0.1) is 0 Å². The van der Waals surface area contributed by atoms with Crippen molar-refractivity contribution in [2.75, 3.05) is 5.73 Å². The molecule has 0 saturated carbocycles. The van der Waals surface area contributed by atoms with E-state index in [9.17, 15) is 0 Å². The first kappa shape index (κ1) is 12.4. The molecule has 0 aliphatic rings. The molecule has 3 nitrogen and oxygen atoms in total. The zero-order valence-corrected chi connectivity index (χ0v) is 11.0. The van der Waals surface area contributed by atoms with E-state index < -0.39 is 0 Å². The number of hydrogen-bond acceptors (Lipinski definition) is 3. The van der Waals surface area contributed by atoms with E-state index in [0.717, 1.165) is 22.6 Å². The summed E-state index contributed by atoms with van der Waals surface area (Å²) in [5, 5.41) is 0. The van der Waals surface area contributed by atoms with Gasteiger partial charge >= 0.3 is 0 Å². The molecule has 0 bridgehead atoms. The number of nitrogens with two attached hydrogens (primary N) is 1. The van der Waals surface area contributed by atoms with Crippen LogP contribution in [0.15, 0.2) is 71.3 Å². The molecule has 3 heteroatoms. The minimum atomic E-state index is 0.512. The van der Waals surface area contributed by atoms with Crippen LogP contribution in [0.5, 0.6) is 5.75 Å². The van der Waals surface area contributed by atoms with Crippen LogP contribution in [-0.2, 0) is 6.61 Å². The van der Waals surface area contributed by atoms with Crippen molar-refractivity contribution in [2.45, 2.75) is 6.61 Å². The molecule has 0 unspecified atom stereocenters. The second kappa shape index (κ2) is 5.53. The molecule has 0 aliphatic heterocycles. The van der Waals surface area contributed by atoms with Crippen LogP contribution in [0.2, 0.25) is 0 Å². The number of hydrogen-bond donors (Lipinski definition) is 1. The Hall–Kier alpha value is -2.68. The Bertz CT molecular complexity index is 675. The Morgan fingerprint density at radius 3 is 2.55 bits per heavy atom. The van der Waals surface area contributed by atoms with E-state index in [-0.39, 0.29) is 0 Å². The van der Waals surface area contributed by atoms with Gasteiger partial charge in [0.2, 0.25) is 0 Å². The van der Waals surface area contributed by atoms with Gasteiger partial charge in [-0.1, -0.05) is 30.3 Å². The molecule has 0 saturated heterocycles. The Morgan fingerprint density at radius 2 is 1.80 bits per heavy atom. The summed E-state index contributed by atoms with van der Waals surface area (Å²) in [6.07, 6.45) is 1.64. The molecule has 3 aromatic rings. The van der Waals surface area contributed by atoms with Crippen molar-refractivity contribution in [3.05, 3.63) is 72.5 Å². The molecule has 2 N–H and O–H groups in total. The third kappa shape index (κ3) is 2.67. The van der Waals surface area contributed by atoms with Crippen molar-refractivity contribution in [1.29, 1.82) is 0 Å². The first-order chi connectivity index (χ1) is 9.83. The largest absolute Gasteiger partial charge is 0.488 e. The minimum Gasteiger partial charge on any atom is -0.488 e. The molecule has 100 valence electrons. The van der Waals surface area contributed by atoms with Gasteiger partial charge in [-0.25, -0.2) is 0 Å². The summed E-state index contributed by atoms with van der Waals surface area (Å²) >= 11 is 0. The predicted octanol–water partition coefficient (Wildman–Crippen LogP) is 4.11. The lowest BCUT2D eigenvalue weighted by Crippen LogP contribution is -1.97. The molecule has 0 radical (unpaired) electrons. The lowest BCUT2D eigenvalue weighted by molar-refractivity contribution is 0.307. The summed E-state index contributed by atoms with van der Waals surface area (Å²) in [5.74, 6) is 1.51. The Labute approximate surface area is 117 Å². The van der Waals surface area contributed by atoms with Crippen molar-refractivity contribution in [3.8, 4) is 17.1 Å². The second-order valence-corrected chi connectivity index (χ2v) is 4.51.